The number of carbonyl (C=O) groups is 1. The second-order valence-corrected chi connectivity index (χ2v) is 6.24. The van der Waals surface area contributed by atoms with Crippen LogP contribution in [0.15, 0.2) is 36.0 Å². The highest BCUT2D eigenvalue weighted by Crippen LogP contribution is 2.26. The standard InChI is InChI=1S/C19H31NO4/c1-5-6-7-8-9-10-11-14(2)19-17(20-12-16(21)22)18(23-4)15(3)13-24-19/h7-11,15,17-20H,5-6,12-13H2,1-4H3,(H,21,22)/b8-7+,10-9+,14-11+/t15-,17+,18-,19-/m0/s1. The van der Waals surface area contributed by atoms with Gasteiger partial charge in [0, 0.05) is 13.0 Å². The first-order valence-electron chi connectivity index (χ1n) is 8.60. The molecule has 0 amide bonds. The van der Waals surface area contributed by atoms with Crippen LogP contribution in [0.3, 0.4) is 0 Å². The lowest BCUT2D eigenvalue weighted by Gasteiger charge is -2.41. The van der Waals surface area contributed by atoms with E-state index in [2.05, 4.69) is 25.2 Å². The molecule has 0 saturated carbocycles. The van der Waals surface area contributed by atoms with E-state index in [1.807, 2.05) is 31.2 Å². The normalized spacial score (nSPS) is 28.8. The Morgan fingerprint density at radius 1 is 1.38 bits per heavy atom. The Morgan fingerprint density at radius 2 is 2.12 bits per heavy atom. The van der Waals surface area contributed by atoms with Gasteiger partial charge in [0.1, 0.15) is 0 Å². The monoisotopic (exact) mass is 337 g/mol. The number of unbranched alkanes of at least 4 members (excludes halogenated alkanes) is 1. The molecule has 136 valence electrons. The van der Waals surface area contributed by atoms with Crippen molar-refractivity contribution in [1.29, 1.82) is 0 Å². The Hall–Kier alpha value is -1.43. The molecule has 1 saturated heterocycles. The molecule has 5 nitrogen and oxygen atoms in total. The van der Waals surface area contributed by atoms with Crippen LogP contribution in [0.5, 0.6) is 0 Å². The van der Waals surface area contributed by atoms with E-state index in [1.54, 1.807) is 7.11 Å². The number of hydrogen-bond donors (Lipinski definition) is 2. The van der Waals surface area contributed by atoms with E-state index < -0.39 is 5.97 Å². The molecule has 0 bridgehead atoms. The van der Waals surface area contributed by atoms with E-state index in [-0.39, 0.29) is 30.7 Å². The molecule has 24 heavy (non-hydrogen) atoms. The summed E-state index contributed by atoms with van der Waals surface area (Å²) in [5.74, 6) is -0.678. The van der Waals surface area contributed by atoms with E-state index in [9.17, 15) is 4.79 Å². The fourth-order valence-corrected chi connectivity index (χ4v) is 2.91. The van der Waals surface area contributed by atoms with Crippen molar-refractivity contribution in [2.45, 2.75) is 51.9 Å². The molecule has 2 N–H and O–H groups in total. The minimum Gasteiger partial charge on any atom is -0.480 e. The van der Waals surface area contributed by atoms with Gasteiger partial charge >= 0.3 is 5.97 Å². The minimum atomic E-state index is -0.885. The lowest BCUT2D eigenvalue weighted by molar-refractivity contribution is -0.138. The molecule has 4 atom stereocenters. The molecule has 0 aromatic rings. The second kappa shape index (κ2) is 11.2. The van der Waals surface area contributed by atoms with Crippen LogP contribution in [0.1, 0.15) is 33.6 Å². The highest BCUT2D eigenvalue weighted by Gasteiger charge is 2.39. The van der Waals surface area contributed by atoms with Crippen LogP contribution in [-0.2, 0) is 14.3 Å². The van der Waals surface area contributed by atoms with Gasteiger partial charge in [0.25, 0.3) is 0 Å². The number of methoxy groups -OCH3 is 1. The van der Waals surface area contributed by atoms with Crippen LogP contribution in [0.4, 0.5) is 0 Å². The van der Waals surface area contributed by atoms with E-state index >= 15 is 0 Å². The lowest BCUT2D eigenvalue weighted by atomic mass is 9.88. The van der Waals surface area contributed by atoms with Crippen molar-refractivity contribution in [1.82, 2.24) is 5.32 Å². The largest absolute Gasteiger partial charge is 0.480 e. The molecular formula is C19H31NO4. The van der Waals surface area contributed by atoms with Crippen molar-refractivity contribution in [3.8, 4) is 0 Å². The molecule has 1 rings (SSSR count). The molecule has 0 aromatic carbocycles. The number of ether oxygens (including phenoxy) is 2. The van der Waals surface area contributed by atoms with Crippen molar-refractivity contribution in [2.24, 2.45) is 5.92 Å². The number of carboxylic acid groups (broad SMARTS) is 1. The first kappa shape index (κ1) is 20.6. The maximum atomic E-state index is 10.9. The van der Waals surface area contributed by atoms with Crippen LogP contribution in [0, 0.1) is 5.92 Å². The predicted molar refractivity (Wildman–Crippen MR) is 96.1 cm³/mol. The van der Waals surface area contributed by atoms with Gasteiger partial charge in [-0.25, -0.2) is 0 Å². The highest BCUT2D eigenvalue weighted by molar-refractivity contribution is 5.69. The van der Waals surface area contributed by atoms with E-state index in [4.69, 9.17) is 14.6 Å². The van der Waals surface area contributed by atoms with E-state index in [1.165, 1.54) is 0 Å². The number of aliphatic carboxylic acids is 1. The zero-order chi connectivity index (χ0) is 17.9. The van der Waals surface area contributed by atoms with Gasteiger partial charge in [-0.15, -0.1) is 0 Å². The quantitative estimate of drug-likeness (QED) is 0.633. The Kier molecular flexibility index (Phi) is 9.60. The van der Waals surface area contributed by atoms with Gasteiger partial charge in [0.05, 0.1) is 31.4 Å². The topological polar surface area (TPSA) is 67.8 Å². The zero-order valence-electron chi connectivity index (χ0n) is 15.2. The van der Waals surface area contributed by atoms with Gasteiger partial charge in [-0.2, -0.15) is 0 Å². The summed E-state index contributed by atoms with van der Waals surface area (Å²) in [4.78, 5) is 10.9. The molecule has 1 heterocycles. The predicted octanol–water partition coefficient (Wildman–Crippen LogP) is 2.94. The molecular weight excluding hydrogens is 306 g/mol. The fraction of sp³-hybridized carbons (Fsp3) is 0.632. The summed E-state index contributed by atoms with van der Waals surface area (Å²) >= 11 is 0. The number of rotatable bonds is 9. The highest BCUT2D eigenvalue weighted by atomic mass is 16.5. The molecule has 0 unspecified atom stereocenters. The first-order valence-corrected chi connectivity index (χ1v) is 8.60. The smallest absolute Gasteiger partial charge is 0.317 e. The third kappa shape index (κ3) is 6.59. The first-order chi connectivity index (χ1) is 11.5. The fourth-order valence-electron chi connectivity index (χ4n) is 2.91. The van der Waals surface area contributed by atoms with Crippen LogP contribution in [0.25, 0.3) is 0 Å². The summed E-state index contributed by atoms with van der Waals surface area (Å²) in [6, 6.07) is -0.185. The van der Waals surface area contributed by atoms with Crippen molar-refractivity contribution in [3.05, 3.63) is 36.0 Å². The average Bonchev–Trinajstić information content (AvgIpc) is 2.55. The van der Waals surface area contributed by atoms with Crippen LogP contribution in [0.2, 0.25) is 0 Å². The van der Waals surface area contributed by atoms with Gasteiger partial charge in [0.2, 0.25) is 0 Å². The summed E-state index contributed by atoms with van der Waals surface area (Å²) in [5.41, 5.74) is 1.05. The molecule has 0 spiro atoms. The van der Waals surface area contributed by atoms with Gasteiger partial charge in [0.15, 0.2) is 0 Å². The van der Waals surface area contributed by atoms with Crippen LogP contribution < -0.4 is 5.32 Å². The van der Waals surface area contributed by atoms with Crippen molar-refractivity contribution < 1.29 is 19.4 Å². The number of nitrogens with one attached hydrogen (secondary N) is 1. The summed E-state index contributed by atoms with van der Waals surface area (Å²) in [7, 11) is 1.66. The molecule has 0 aliphatic carbocycles. The number of hydrogen-bond acceptors (Lipinski definition) is 4. The van der Waals surface area contributed by atoms with Crippen LogP contribution in [-0.4, -0.2) is 49.6 Å². The Morgan fingerprint density at radius 3 is 2.75 bits per heavy atom. The molecule has 1 fully saturated rings. The summed E-state index contributed by atoms with van der Waals surface area (Å²) < 4.78 is 11.6. The average molecular weight is 337 g/mol. The second-order valence-electron chi connectivity index (χ2n) is 6.24. The van der Waals surface area contributed by atoms with Gasteiger partial charge in [-0.1, -0.05) is 50.6 Å². The summed E-state index contributed by atoms with van der Waals surface area (Å²) in [5, 5.41) is 12.0. The third-order valence-corrected chi connectivity index (χ3v) is 4.16. The van der Waals surface area contributed by atoms with Crippen LogP contribution >= 0.6 is 0 Å². The molecule has 0 aromatic heterocycles. The van der Waals surface area contributed by atoms with E-state index in [0.717, 1.165) is 18.4 Å². The van der Waals surface area contributed by atoms with Crippen molar-refractivity contribution in [3.63, 3.8) is 0 Å². The maximum Gasteiger partial charge on any atom is 0.317 e. The minimum absolute atomic E-state index is 0.0834. The Balaban J connectivity index is 2.80. The third-order valence-electron chi connectivity index (χ3n) is 4.16. The SMILES string of the molecule is CCC/C=C/C=C/C=C(\C)[C@@H]1OC[C@H](C)[C@H](OC)[C@H]1NCC(=O)O. The maximum absolute atomic E-state index is 10.9. The molecule has 0 radical (unpaired) electrons. The lowest BCUT2D eigenvalue weighted by Crippen LogP contribution is -2.58. The number of allylic oxidation sites excluding steroid dienone is 5. The zero-order valence-corrected chi connectivity index (χ0v) is 15.2. The van der Waals surface area contributed by atoms with Crippen molar-refractivity contribution in [2.75, 3.05) is 20.3 Å². The molecule has 5 heteroatoms. The van der Waals surface area contributed by atoms with Gasteiger partial charge in [-0.3, -0.25) is 10.1 Å². The Labute approximate surface area is 145 Å². The Bertz CT molecular complexity index is 470. The van der Waals surface area contributed by atoms with Gasteiger partial charge < -0.3 is 14.6 Å². The summed E-state index contributed by atoms with van der Waals surface area (Å²) in [6.45, 7) is 6.69. The summed E-state index contributed by atoms with van der Waals surface area (Å²) in [6.07, 6.45) is 12.1. The van der Waals surface area contributed by atoms with E-state index in [0.29, 0.717) is 6.61 Å². The number of carboxylic acids is 1. The molecule has 1 aliphatic rings. The molecule has 1 aliphatic heterocycles. The van der Waals surface area contributed by atoms with Gasteiger partial charge in [-0.05, 0) is 18.9 Å². The van der Waals surface area contributed by atoms with Crippen molar-refractivity contribution >= 4 is 5.97 Å².